The van der Waals surface area contributed by atoms with E-state index in [1.54, 1.807) is 4.90 Å². The lowest BCUT2D eigenvalue weighted by molar-refractivity contribution is -0.384. The molecule has 1 atom stereocenters. The van der Waals surface area contributed by atoms with Crippen LogP contribution in [0.4, 0.5) is 11.5 Å². The van der Waals surface area contributed by atoms with Crippen LogP contribution in [0.1, 0.15) is 23.8 Å². The molecule has 0 spiro atoms. The van der Waals surface area contributed by atoms with Gasteiger partial charge in [0, 0.05) is 19.2 Å². The molecule has 18 heavy (non-hydrogen) atoms. The molecule has 7 heteroatoms. The highest BCUT2D eigenvalue weighted by Crippen LogP contribution is 2.30. The molecule has 0 aliphatic carbocycles. The SMILES string of the molecule is CC1CCN(c2nc(C(=O)O)ccc2[N+](=O)[O-])C1. The highest BCUT2D eigenvalue weighted by Gasteiger charge is 2.27. The van der Waals surface area contributed by atoms with Crippen LogP contribution < -0.4 is 4.90 Å². The molecule has 1 aromatic heterocycles. The number of rotatable bonds is 3. The zero-order valence-corrected chi connectivity index (χ0v) is 9.87. The van der Waals surface area contributed by atoms with E-state index >= 15 is 0 Å². The molecule has 0 aromatic carbocycles. The van der Waals surface area contributed by atoms with Gasteiger partial charge in [-0.15, -0.1) is 0 Å². The Balaban J connectivity index is 2.44. The average molecular weight is 251 g/mol. The van der Waals surface area contributed by atoms with Crippen LogP contribution in [0.15, 0.2) is 12.1 Å². The Hall–Kier alpha value is -2.18. The topological polar surface area (TPSA) is 96.6 Å². The third kappa shape index (κ3) is 2.24. The summed E-state index contributed by atoms with van der Waals surface area (Å²) < 4.78 is 0. The Morgan fingerprint density at radius 3 is 2.83 bits per heavy atom. The number of anilines is 1. The summed E-state index contributed by atoms with van der Waals surface area (Å²) in [5.74, 6) is -0.595. The fourth-order valence-electron chi connectivity index (χ4n) is 2.06. The standard InChI is InChI=1S/C11H13N3O4/c1-7-4-5-13(6-7)10-9(14(17)18)3-2-8(12-10)11(15)16/h2-3,7H,4-6H2,1H3,(H,15,16). The number of aromatic carboxylic acids is 1. The minimum atomic E-state index is -1.18. The first-order chi connectivity index (χ1) is 8.49. The lowest BCUT2D eigenvalue weighted by Crippen LogP contribution is -2.22. The number of carboxylic acids is 1. The van der Waals surface area contributed by atoms with Gasteiger partial charge in [0.15, 0.2) is 5.69 Å². The molecular weight excluding hydrogens is 238 g/mol. The molecule has 7 nitrogen and oxygen atoms in total. The Kier molecular flexibility index (Phi) is 3.14. The van der Waals surface area contributed by atoms with E-state index in [4.69, 9.17) is 5.11 Å². The molecule has 1 fully saturated rings. The summed E-state index contributed by atoms with van der Waals surface area (Å²) in [5, 5.41) is 19.8. The van der Waals surface area contributed by atoms with Crippen molar-refractivity contribution in [2.24, 2.45) is 5.92 Å². The van der Waals surface area contributed by atoms with Gasteiger partial charge in [-0.05, 0) is 18.4 Å². The van der Waals surface area contributed by atoms with Crippen LogP contribution in [0.25, 0.3) is 0 Å². The fraction of sp³-hybridized carbons (Fsp3) is 0.455. The zero-order chi connectivity index (χ0) is 13.3. The van der Waals surface area contributed by atoms with Crippen molar-refractivity contribution in [2.45, 2.75) is 13.3 Å². The number of nitrogens with zero attached hydrogens (tertiary/aromatic N) is 3. The Bertz CT molecular complexity index is 503. The van der Waals surface area contributed by atoms with Gasteiger partial charge in [0.1, 0.15) is 0 Å². The molecule has 0 radical (unpaired) electrons. The van der Waals surface area contributed by atoms with Crippen molar-refractivity contribution >= 4 is 17.5 Å². The second-order valence-corrected chi connectivity index (χ2v) is 4.44. The fourth-order valence-corrected chi connectivity index (χ4v) is 2.06. The van der Waals surface area contributed by atoms with E-state index in [1.165, 1.54) is 6.07 Å². The molecule has 96 valence electrons. The second kappa shape index (κ2) is 4.59. The number of aromatic nitrogens is 1. The molecule has 1 N–H and O–H groups in total. The molecule has 1 saturated heterocycles. The second-order valence-electron chi connectivity index (χ2n) is 4.44. The Morgan fingerprint density at radius 2 is 2.33 bits per heavy atom. The monoisotopic (exact) mass is 251 g/mol. The largest absolute Gasteiger partial charge is 0.477 e. The minimum Gasteiger partial charge on any atom is -0.477 e. The first-order valence-electron chi connectivity index (χ1n) is 5.62. The van der Waals surface area contributed by atoms with Gasteiger partial charge < -0.3 is 10.0 Å². The summed E-state index contributed by atoms with van der Waals surface area (Å²) in [7, 11) is 0. The van der Waals surface area contributed by atoms with Crippen LogP contribution >= 0.6 is 0 Å². The van der Waals surface area contributed by atoms with Crippen LogP contribution in [-0.2, 0) is 0 Å². The van der Waals surface area contributed by atoms with Crippen LogP contribution in [0, 0.1) is 16.0 Å². The van der Waals surface area contributed by atoms with Crippen molar-refractivity contribution in [3.63, 3.8) is 0 Å². The van der Waals surface area contributed by atoms with Crippen LogP contribution in [0.5, 0.6) is 0 Å². The van der Waals surface area contributed by atoms with Gasteiger partial charge in [0.2, 0.25) is 5.82 Å². The van der Waals surface area contributed by atoms with Crippen LogP contribution in [0.2, 0.25) is 0 Å². The number of hydrogen-bond acceptors (Lipinski definition) is 5. The summed E-state index contributed by atoms with van der Waals surface area (Å²) in [6.07, 6.45) is 0.927. The van der Waals surface area contributed by atoms with Crippen molar-refractivity contribution in [1.29, 1.82) is 0 Å². The average Bonchev–Trinajstić information content (AvgIpc) is 2.74. The first-order valence-corrected chi connectivity index (χ1v) is 5.62. The van der Waals surface area contributed by atoms with E-state index in [9.17, 15) is 14.9 Å². The number of carbonyl (C=O) groups is 1. The molecule has 2 rings (SSSR count). The molecule has 1 aromatic rings. The van der Waals surface area contributed by atoms with Gasteiger partial charge in [0.05, 0.1) is 4.92 Å². The van der Waals surface area contributed by atoms with Gasteiger partial charge in [-0.1, -0.05) is 6.92 Å². The highest BCUT2D eigenvalue weighted by molar-refractivity contribution is 5.86. The number of nitro groups is 1. The Labute approximate surface area is 103 Å². The van der Waals surface area contributed by atoms with Gasteiger partial charge >= 0.3 is 11.7 Å². The van der Waals surface area contributed by atoms with Gasteiger partial charge in [-0.2, -0.15) is 0 Å². The van der Waals surface area contributed by atoms with E-state index in [0.29, 0.717) is 19.0 Å². The van der Waals surface area contributed by atoms with E-state index in [-0.39, 0.29) is 17.2 Å². The molecule has 1 aliphatic rings. The molecule has 2 heterocycles. The van der Waals surface area contributed by atoms with Crippen molar-refractivity contribution in [3.8, 4) is 0 Å². The first kappa shape index (κ1) is 12.3. The van der Waals surface area contributed by atoms with Crippen LogP contribution in [-0.4, -0.2) is 34.1 Å². The Morgan fingerprint density at radius 1 is 1.61 bits per heavy atom. The van der Waals surface area contributed by atoms with E-state index in [1.807, 2.05) is 6.92 Å². The summed E-state index contributed by atoms with van der Waals surface area (Å²) in [6, 6.07) is 2.36. The van der Waals surface area contributed by atoms with Gasteiger partial charge in [0.25, 0.3) is 0 Å². The van der Waals surface area contributed by atoms with Gasteiger partial charge in [-0.25, -0.2) is 9.78 Å². The van der Waals surface area contributed by atoms with Crippen molar-refractivity contribution in [2.75, 3.05) is 18.0 Å². The predicted molar refractivity (Wildman–Crippen MR) is 63.8 cm³/mol. The number of pyridine rings is 1. The smallest absolute Gasteiger partial charge is 0.354 e. The van der Waals surface area contributed by atoms with Crippen molar-refractivity contribution < 1.29 is 14.8 Å². The summed E-state index contributed by atoms with van der Waals surface area (Å²) in [5.41, 5.74) is -0.316. The summed E-state index contributed by atoms with van der Waals surface area (Å²) >= 11 is 0. The number of carboxylic acid groups (broad SMARTS) is 1. The van der Waals surface area contributed by atoms with Crippen molar-refractivity contribution in [3.05, 3.63) is 27.9 Å². The maximum Gasteiger partial charge on any atom is 0.354 e. The normalized spacial score (nSPS) is 18.9. The lowest BCUT2D eigenvalue weighted by atomic mass is 10.2. The molecule has 1 unspecified atom stereocenters. The number of hydrogen-bond donors (Lipinski definition) is 1. The van der Waals surface area contributed by atoms with E-state index < -0.39 is 10.9 Å². The van der Waals surface area contributed by atoms with E-state index in [0.717, 1.165) is 12.5 Å². The summed E-state index contributed by atoms with van der Waals surface area (Å²) in [6.45, 7) is 3.38. The zero-order valence-electron chi connectivity index (χ0n) is 9.87. The van der Waals surface area contributed by atoms with Crippen LogP contribution in [0.3, 0.4) is 0 Å². The van der Waals surface area contributed by atoms with Crippen molar-refractivity contribution in [1.82, 2.24) is 4.98 Å². The molecule has 0 saturated carbocycles. The maximum atomic E-state index is 10.9. The molecule has 0 amide bonds. The third-order valence-corrected chi connectivity index (χ3v) is 2.99. The predicted octanol–water partition coefficient (Wildman–Crippen LogP) is 1.53. The minimum absolute atomic E-state index is 0.144. The highest BCUT2D eigenvalue weighted by atomic mass is 16.6. The van der Waals surface area contributed by atoms with E-state index in [2.05, 4.69) is 4.98 Å². The lowest BCUT2D eigenvalue weighted by Gasteiger charge is -2.16. The summed E-state index contributed by atoms with van der Waals surface area (Å²) in [4.78, 5) is 26.9. The molecule has 0 bridgehead atoms. The maximum absolute atomic E-state index is 10.9. The third-order valence-electron chi connectivity index (χ3n) is 2.99. The quantitative estimate of drug-likeness (QED) is 0.646. The van der Waals surface area contributed by atoms with Gasteiger partial charge in [-0.3, -0.25) is 10.1 Å². The molecular formula is C11H13N3O4. The molecule has 1 aliphatic heterocycles.